The fraction of sp³-hybridized carbons (Fsp3) is 0.625. The van der Waals surface area contributed by atoms with E-state index in [9.17, 15) is 0 Å². The van der Waals surface area contributed by atoms with Crippen molar-refractivity contribution in [1.29, 1.82) is 0 Å². The fourth-order valence-electron chi connectivity index (χ4n) is 3.90. The predicted octanol–water partition coefficient (Wildman–Crippen LogP) is 2.23. The van der Waals surface area contributed by atoms with Gasteiger partial charge >= 0.3 is 0 Å². The van der Waals surface area contributed by atoms with Crippen LogP contribution < -0.4 is 10.6 Å². The first-order chi connectivity index (χ1) is 8.72. The van der Waals surface area contributed by atoms with Crippen LogP contribution in [0, 0.1) is 0 Å². The van der Waals surface area contributed by atoms with Crippen molar-refractivity contribution in [3.05, 3.63) is 35.4 Å². The van der Waals surface area contributed by atoms with Gasteiger partial charge in [0.2, 0.25) is 0 Å². The lowest BCUT2D eigenvalue weighted by Gasteiger charge is -2.41. The monoisotopic (exact) mass is 244 g/mol. The maximum absolute atomic E-state index is 3.82. The van der Waals surface area contributed by atoms with Gasteiger partial charge in [0.05, 0.1) is 0 Å². The average Bonchev–Trinajstić information content (AvgIpc) is 2.65. The molecule has 18 heavy (non-hydrogen) atoms. The van der Waals surface area contributed by atoms with E-state index in [0.717, 1.165) is 13.1 Å². The SMILES string of the molecule is CC(C)NC1Cc2ccccc2C12CCNCC2. The first-order valence-electron chi connectivity index (χ1n) is 7.27. The van der Waals surface area contributed by atoms with Crippen molar-refractivity contribution in [3.63, 3.8) is 0 Å². The molecule has 1 aliphatic heterocycles. The fourth-order valence-corrected chi connectivity index (χ4v) is 3.90. The van der Waals surface area contributed by atoms with Gasteiger partial charge in [-0.25, -0.2) is 0 Å². The maximum Gasteiger partial charge on any atom is 0.0208 e. The molecule has 0 saturated carbocycles. The molecule has 0 bridgehead atoms. The molecular weight excluding hydrogens is 220 g/mol. The molecule has 1 aliphatic carbocycles. The van der Waals surface area contributed by atoms with E-state index in [4.69, 9.17) is 0 Å². The molecule has 2 aliphatic rings. The highest BCUT2D eigenvalue weighted by Crippen LogP contribution is 2.45. The normalized spacial score (nSPS) is 25.6. The number of fused-ring (bicyclic) bond motifs is 2. The van der Waals surface area contributed by atoms with Crippen molar-refractivity contribution in [2.24, 2.45) is 0 Å². The van der Waals surface area contributed by atoms with Gasteiger partial charge in [-0.15, -0.1) is 0 Å². The summed E-state index contributed by atoms with van der Waals surface area (Å²) in [5, 5.41) is 7.33. The van der Waals surface area contributed by atoms with Crippen LogP contribution in [0.25, 0.3) is 0 Å². The first kappa shape index (κ1) is 12.2. The highest BCUT2D eigenvalue weighted by atomic mass is 15.0. The van der Waals surface area contributed by atoms with Crippen LogP contribution >= 0.6 is 0 Å². The summed E-state index contributed by atoms with van der Waals surface area (Å²) in [6.07, 6.45) is 3.75. The Morgan fingerprint density at radius 2 is 1.94 bits per heavy atom. The van der Waals surface area contributed by atoms with E-state index in [1.165, 1.54) is 19.3 Å². The quantitative estimate of drug-likeness (QED) is 0.833. The Morgan fingerprint density at radius 3 is 2.67 bits per heavy atom. The van der Waals surface area contributed by atoms with Gasteiger partial charge in [0, 0.05) is 17.5 Å². The van der Waals surface area contributed by atoms with Gasteiger partial charge < -0.3 is 10.6 Å². The minimum Gasteiger partial charge on any atom is -0.317 e. The highest BCUT2D eigenvalue weighted by molar-refractivity contribution is 5.43. The van der Waals surface area contributed by atoms with Gasteiger partial charge in [-0.2, -0.15) is 0 Å². The van der Waals surface area contributed by atoms with E-state index >= 15 is 0 Å². The number of nitrogens with one attached hydrogen (secondary N) is 2. The Morgan fingerprint density at radius 1 is 1.22 bits per heavy atom. The van der Waals surface area contributed by atoms with E-state index in [0.29, 0.717) is 17.5 Å². The Bertz CT molecular complexity index is 419. The van der Waals surface area contributed by atoms with Crippen LogP contribution in [0.2, 0.25) is 0 Å². The lowest BCUT2D eigenvalue weighted by Crippen LogP contribution is -2.53. The molecule has 3 rings (SSSR count). The van der Waals surface area contributed by atoms with Crippen molar-refractivity contribution in [3.8, 4) is 0 Å². The largest absolute Gasteiger partial charge is 0.317 e. The zero-order valence-electron chi connectivity index (χ0n) is 11.5. The summed E-state index contributed by atoms with van der Waals surface area (Å²) in [4.78, 5) is 0. The van der Waals surface area contributed by atoms with Crippen LogP contribution in [0.4, 0.5) is 0 Å². The summed E-state index contributed by atoms with van der Waals surface area (Å²) in [5.41, 5.74) is 3.56. The van der Waals surface area contributed by atoms with Crippen molar-refractivity contribution < 1.29 is 0 Å². The third-order valence-corrected chi connectivity index (χ3v) is 4.68. The third-order valence-electron chi connectivity index (χ3n) is 4.68. The van der Waals surface area contributed by atoms with Crippen molar-refractivity contribution in [1.82, 2.24) is 10.6 Å². The number of piperidine rings is 1. The predicted molar refractivity (Wildman–Crippen MR) is 76.0 cm³/mol. The van der Waals surface area contributed by atoms with E-state index in [-0.39, 0.29) is 0 Å². The van der Waals surface area contributed by atoms with Crippen LogP contribution in [-0.2, 0) is 11.8 Å². The second-order valence-corrected chi connectivity index (χ2v) is 6.14. The summed E-state index contributed by atoms with van der Waals surface area (Å²) >= 11 is 0. The van der Waals surface area contributed by atoms with Crippen molar-refractivity contribution in [2.45, 2.75) is 50.6 Å². The van der Waals surface area contributed by atoms with Gasteiger partial charge in [0.1, 0.15) is 0 Å². The molecule has 98 valence electrons. The molecule has 1 unspecified atom stereocenters. The van der Waals surface area contributed by atoms with Gasteiger partial charge in [-0.05, 0) is 43.5 Å². The molecule has 2 nitrogen and oxygen atoms in total. The standard InChI is InChI=1S/C16H24N2/c1-12(2)18-15-11-13-5-3-4-6-14(13)16(15)7-9-17-10-8-16/h3-6,12,15,17-18H,7-11H2,1-2H3. The number of rotatable bonds is 2. The van der Waals surface area contributed by atoms with Gasteiger partial charge in [0.15, 0.2) is 0 Å². The molecule has 1 fully saturated rings. The molecule has 1 saturated heterocycles. The van der Waals surface area contributed by atoms with Crippen LogP contribution in [0.1, 0.15) is 37.8 Å². The Labute approximate surface area is 110 Å². The molecule has 2 N–H and O–H groups in total. The zero-order valence-corrected chi connectivity index (χ0v) is 11.5. The number of hydrogen-bond donors (Lipinski definition) is 2. The summed E-state index contributed by atoms with van der Waals surface area (Å²) < 4.78 is 0. The topological polar surface area (TPSA) is 24.1 Å². The minimum absolute atomic E-state index is 0.381. The molecule has 1 heterocycles. The lowest BCUT2D eigenvalue weighted by atomic mass is 9.71. The maximum atomic E-state index is 3.82. The van der Waals surface area contributed by atoms with Gasteiger partial charge in [-0.3, -0.25) is 0 Å². The van der Waals surface area contributed by atoms with Crippen LogP contribution in [0.5, 0.6) is 0 Å². The van der Waals surface area contributed by atoms with Crippen LogP contribution in [0.15, 0.2) is 24.3 Å². The van der Waals surface area contributed by atoms with Crippen LogP contribution in [0.3, 0.4) is 0 Å². The van der Waals surface area contributed by atoms with E-state index in [2.05, 4.69) is 48.7 Å². The third kappa shape index (κ3) is 1.88. The average molecular weight is 244 g/mol. The Kier molecular flexibility index (Phi) is 3.16. The number of hydrogen-bond acceptors (Lipinski definition) is 2. The molecule has 1 aromatic rings. The summed E-state index contributed by atoms with van der Waals surface area (Å²) in [6.45, 7) is 6.84. The summed E-state index contributed by atoms with van der Waals surface area (Å²) in [5.74, 6) is 0. The van der Waals surface area contributed by atoms with E-state index in [1.807, 2.05) is 0 Å². The lowest BCUT2D eigenvalue weighted by molar-refractivity contribution is 0.232. The first-order valence-corrected chi connectivity index (χ1v) is 7.27. The Hall–Kier alpha value is -0.860. The molecule has 1 spiro atoms. The molecule has 0 amide bonds. The van der Waals surface area contributed by atoms with E-state index < -0.39 is 0 Å². The second-order valence-electron chi connectivity index (χ2n) is 6.14. The molecular formula is C16H24N2. The molecule has 2 heteroatoms. The summed E-state index contributed by atoms with van der Waals surface area (Å²) in [6, 6.07) is 10.3. The van der Waals surface area contributed by atoms with Gasteiger partial charge in [0.25, 0.3) is 0 Å². The molecule has 1 aromatic carbocycles. The molecule has 0 radical (unpaired) electrons. The van der Waals surface area contributed by atoms with Crippen LogP contribution in [-0.4, -0.2) is 25.2 Å². The minimum atomic E-state index is 0.381. The molecule has 1 atom stereocenters. The summed E-state index contributed by atoms with van der Waals surface area (Å²) in [7, 11) is 0. The second kappa shape index (κ2) is 4.67. The van der Waals surface area contributed by atoms with Gasteiger partial charge in [-0.1, -0.05) is 38.1 Å². The highest BCUT2D eigenvalue weighted by Gasteiger charge is 2.46. The van der Waals surface area contributed by atoms with Crippen molar-refractivity contribution >= 4 is 0 Å². The smallest absolute Gasteiger partial charge is 0.0208 e. The Balaban J connectivity index is 1.98. The van der Waals surface area contributed by atoms with Crippen molar-refractivity contribution in [2.75, 3.05) is 13.1 Å². The number of benzene rings is 1. The van der Waals surface area contributed by atoms with E-state index in [1.54, 1.807) is 11.1 Å². The zero-order chi connectivity index (χ0) is 12.6. The molecule has 0 aromatic heterocycles.